The molecule has 0 aliphatic rings. The number of nitro benzene ring substituents is 1. The molecule has 3 rings (SSSR count). The summed E-state index contributed by atoms with van der Waals surface area (Å²) in [5, 5.41) is 19.7. The summed E-state index contributed by atoms with van der Waals surface area (Å²) in [6.45, 7) is 0. The van der Waals surface area contributed by atoms with Gasteiger partial charge in [0.1, 0.15) is 5.82 Å². The summed E-state index contributed by atoms with van der Waals surface area (Å²) in [6, 6.07) is 15.9. The van der Waals surface area contributed by atoms with E-state index in [1.165, 1.54) is 12.1 Å². The Bertz CT molecular complexity index is 860. The fraction of sp³-hybridized carbons (Fsp3) is 0.0667. The van der Waals surface area contributed by atoms with E-state index in [-0.39, 0.29) is 12.1 Å². The Kier molecular flexibility index (Phi) is 3.09. The number of hydrogen-bond acceptors (Lipinski definition) is 4. The molecule has 1 aromatic heterocycles. The third-order valence-corrected chi connectivity index (χ3v) is 3.19. The molecule has 0 radical (unpaired) electrons. The van der Waals surface area contributed by atoms with Crippen molar-refractivity contribution in [3.63, 3.8) is 0 Å². The van der Waals surface area contributed by atoms with E-state index in [2.05, 4.69) is 11.1 Å². The number of para-hydroxylation sites is 2. The minimum Gasteiger partial charge on any atom is -0.295 e. The zero-order chi connectivity index (χ0) is 14.8. The van der Waals surface area contributed by atoms with E-state index < -0.39 is 4.92 Å². The molecule has 0 atom stereocenters. The minimum absolute atomic E-state index is 0.0324. The van der Waals surface area contributed by atoms with Crippen LogP contribution in [-0.4, -0.2) is 14.5 Å². The summed E-state index contributed by atoms with van der Waals surface area (Å²) in [5.41, 5.74) is 2.45. The molecular weight excluding hydrogens is 268 g/mol. The molecule has 0 fully saturated rings. The first-order valence-corrected chi connectivity index (χ1v) is 6.29. The molecule has 2 aromatic carbocycles. The molecule has 3 aromatic rings. The largest absolute Gasteiger partial charge is 0.295 e. The first-order chi connectivity index (χ1) is 10.2. The van der Waals surface area contributed by atoms with Crippen molar-refractivity contribution in [3.8, 4) is 11.8 Å². The number of fused-ring (bicyclic) bond motifs is 1. The van der Waals surface area contributed by atoms with Crippen LogP contribution >= 0.6 is 0 Å². The van der Waals surface area contributed by atoms with Gasteiger partial charge >= 0.3 is 0 Å². The smallest absolute Gasteiger partial charge is 0.269 e. The first kappa shape index (κ1) is 12.8. The summed E-state index contributed by atoms with van der Waals surface area (Å²) < 4.78 is 1.85. The summed E-state index contributed by atoms with van der Waals surface area (Å²) in [6.07, 6.45) is 0.172. The standard InChI is InChI=1S/C15H10N4O2/c16-10-9-15-17-13-3-1-2-4-14(13)18(15)11-5-7-12(8-6-11)19(20)21/h1-8H,9H2. The lowest BCUT2D eigenvalue weighted by Crippen LogP contribution is -2.00. The van der Waals surface area contributed by atoms with E-state index in [9.17, 15) is 10.1 Å². The molecule has 0 spiro atoms. The fourth-order valence-corrected chi connectivity index (χ4v) is 2.28. The number of nitriles is 1. The van der Waals surface area contributed by atoms with Crippen molar-refractivity contribution in [3.05, 3.63) is 64.5 Å². The van der Waals surface area contributed by atoms with Gasteiger partial charge in [0.25, 0.3) is 5.69 Å². The third-order valence-electron chi connectivity index (χ3n) is 3.19. The molecule has 0 aliphatic carbocycles. The van der Waals surface area contributed by atoms with Crippen molar-refractivity contribution >= 4 is 16.7 Å². The number of nitrogens with zero attached hydrogens (tertiary/aromatic N) is 4. The average Bonchev–Trinajstić information content (AvgIpc) is 2.85. The maximum atomic E-state index is 10.7. The Morgan fingerprint density at radius 1 is 1.19 bits per heavy atom. The van der Waals surface area contributed by atoms with E-state index >= 15 is 0 Å². The molecule has 6 nitrogen and oxygen atoms in total. The second kappa shape index (κ2) is 5.06. The number of rotatable bonds is 3. The Balaban J connectivity index is 2.20. The quantitative estimate of drug-likeness (QED) is 0.544. The number of non-ortho nitro benzene ring substituents is 1. The zero-order valence-electron chi connectivity index (χ0n) is 10.9. The maximum Gasteiger partial charge on any atom is 0.269 e. The second-order valence-corrected chi connectivity index (χ2v) is 4.46. The van der Waals surface area contributed by atoms with Gasteiger partial charge in [0.15, 0.2) is 0 Å². The number of benzene rings is 2. The highest BCUT2D eigenvalue weighted by atomic mass is 16.6. The van der Waals surface area contributed by atoms with Gasteiger partial charge in [-0.05, 0) is 24.3 Å². The Labute approximate surface area is 120 Å². The van der Waals surface area contributed by atoms with Crippen molar-refractivity contribution in [2.75, 3.05) is 0 Å². The Hall–Kier alpha value is -3.20. The van der Waals surface area contributed by atoms with Crippen molar-refractivity contribution in [1.82, 2.24) is 9.55 Å². The lowest BCUT2D eigenvalue weighted by molar-refractivity contribution is -0.384. The van der Waals surface area contributed by atoms with Crippen LogP contribution in [0.15, 0.2) is 48.5 Å². The summed E-state index contributed by atoms with van der Waals surface area (Å²) in [4.78, 5) is 14.7. The Morgan fingerprint density at radius 2 is 1.90 bits per heavy atom. The van der Waals surface area contributed by atoms with Gasteiger partial charge in [0.2, 0.25) is 0 Å². The highest BCUT2D eigenvalue weighted by molar-refractivity contribution is 5.78. The normalized spacial score (nSPS) is 10.4. The molecule has 0 saturated heterocycles. The predicted molar refractivity (Wildman–Crippen MR) is 77.0 cm³/mol. The van der Waals surface area contributed by atoms with Crippen LogP contribution in [0.25, 0.3) is 16.7 Å². The molecule has 0 saturated carbocycles. The fourth-order valence-electron chi connectivity index (χ4n) is 2.28. The van der Waals surface area contributed by atoms with Crippen LogP contribution in [-0.2, 0) is 6.42 Å². The van der Waals surface area contributed by atoms with Crippen molar-refractivity contribution in [2.24, 2.45) is 0 Å². The van der Waals surface area contributed by atoms with Crippen LogP contribution in [0.2, 0.25) is 0 Å². The first-order valence-electron chi connectivity index (χ1n) is 6.29. The van der Waals surface area contributed by atoms with Gasteiger partial charge in [0, 0.05) is 17.8 Å². The molecule has 0 N–H and O–H groups in total. The summed E-state index contributed by atoms with van der Waals surface area (Å²) >= 11 is 0. The lowest BCUT2D eigenvalue weighted by Gasteiger charge is -2.07. The lowest BCUT2D eigenvalue weighted by atomic mass is 10.2. The average molecular weight is 278 g/mol. The van der Waals surface area contributed by atoms with Crippen molar-refractivity contribution < 1.29 is 4.92 Å². The van der Waals surface area contributed by atoms with Crippen LogP contribution in [0, 0.1) is 21.4 Å². The molecule has 102 valence electrons. The minimum atomic E-state index is -0.439. The number of hydrogen-bond donors (Lipinski definition) is 0. The zero-order valence-corrected chi connectivity index (χ0v) is 10.9. The van der Waals surface area contributed by atoms with Crippen LogP contribution < -0.4 is 0 Å². The molecule has 21 heavy (non-hydrogen) atoms. The van der Waals surface area contributed by atoms with Gasteiger partial charge in [-0.25, -0.2) is 4.98 Å². The topological polar surface area (TPSA) is 84.8 Å². The second-order valence-electron chi connectivity index (χ2n) is 4.46. The van der Waals surface area contributed by atoms with Gasteiger partial charge in [-0.2, -0.15) is 5.26 Å². The van der Waals surface area contributed by atoms with Gasteiger partial charge in [-0.1, -0.05) is 12.1 Å². The SMILES string of the molecule is N#CCc1nc2ccccc2n1-c1ccc([N+](=O)[O-])cc1. The molecule has 0 aliphatic heterocycles. The van der Waals surface area contributed by atoms with Crippen LogP contribution in [0.3, 0.4) is 0 Å². The number of aromatic nitrogens is 2. The summed E-state index contributed by atoms with van der Waals surface area (Å²) in [7, 11) is 0. The van der Waals surface area contributed by atoms with Gasteiger partial charge in [-0.15, -0.1) is 0 Å². The van der Waals surface area contributed by atoms with Gasteiger partial charge < -0.3 is 0 Å². The maximum absolute atomic E-state index is 10.7. The van der Waals surface area contributed by atoms with Crippen molar-refractivity contribution in [2.45, 2.75) is 6.42 Å². The van der Waals surface area contributed by atoms with Crippen molar-refractivity contribution in [1.29, 1.82) is 5.26 Å². The number of imidazole rings is 1. The highest BCUT2D eigenvalue weighted by Crippen LogP contribution is 2.23. The molecular formula is C15H10N4O2. The molecule has 0 amide bonds. The van der Waals surface area contributed by atoms with Crippen LogP contribution in [0.4, 0.5) is 5.69 Å². The number of nitro groups is 1. The van der Waals surface area contributed by atoms with Crippen LogP contribution in [0.1, 0.15) is 5.82 Å². The predicted octanol–water partition coefficient (Wildman–Crippen LogP) is 3.00. The van der Waals surface area contributed by atoms with E-state index in [1.54, 1.807) is 12.1 Å². The van der Waals surface area contributed by atoms with E-state index in [0.717, 1.165) is 16.7 Å². The third kappa shape index (κ3) is 2.21. The van der Waals surface area contributed by atoms with E-state index in [4.69, 9.17) is 5.26 Å². The summed E-state index contributed by atoms with van der Waals surface area (Å²) in [5.74, 6) is 0.618. The Morgan fingerprint density at radius 3 is 2.57 bits per heavy atom. The molecule has 6 heteroatoms. The monoisotopic (exact) mass is 278 g/mol. The highest BCUT2D eigenvalue weighted by Gasteiger charge is 2.13. The van der Waals surface area contributed by atoms with Crippen LogP contribution in [0.5, 0.6) is 0 Å². The van der Waals surface area contributed by atoms with E-state index in [0.29, 0.717) is 5.82 Å². The molecule has 0 unspecified atom stereocenters. The molecule has 1 heterocycles. The van der Waals surface area contributed by atoms with Gasteiger partial charge in [0.05, 0.1) is 28.4 Å². The van der Waals surface area contributed by atoms with E-state index in [1.807, 2.05) is 28.8 Å². The van der Waals surface area contributed by atoms with Gasteiger partial charge in [-0.3, -0.25) is 14.7 Å². The molecule has 0 bridgehead atoms.